The maximum Gasteiger partial charge on any atom is 0.265 e. The summed E-state index contributed by atoms with van der Waals surface area (Å²) < 4.78 is 22.3. The number of hydrogen-bond donors (Lipinski definition) is 1. The van der Waals surface area contributed by atoms with Gasteiger partial charge in [0.2, 0.25) is 5.67 Å². The third kappa shape index (κ3) is 3.36. The average molecular weight is 409 g/mol. The minimum Gasteiger partial charge on any atom is -0.377 e. The fraction of sp³-hybridized carbons (Fsp3) is 0.409. The molecule has 1 unspecified atom stereocenters. The molecule has 1 amide bonds. The van der Waals surface area contributed by atoms with Gasteiger partial charge in [-0.3, -0.25) is 9.69 Å². The van der Waals surface area contributed by atoms with Gasteiger partial charge in [-0.1, -0.05) is 12.1 Å². The van der Waals surface area contributed by atoms with E-state index in [1.807, 2.05) is 47.8 Å². The highest BCUT2D eigenvalue weighted by Gasteiger charge is 2.50. The van der Waals surface area contributed by atoms with Crippen molar-refractivity contribution in [2.45, 2.75) is 25.1 Å². The fourth-order valence-electron chi connectivity index (χ4n) is 4.02. The molecule has 3 aromatic rings. The van der Waals surface area contributed by atoms with Crippen molar-refractivity contribution in [3.05, 3.63) is 42.5 Å². The largest absolute Gasteiger partial charge is 0.377 e. The summed E-state index contributed by atoms with van der Waals surface area (Å²) in [6.45, 7) is 3.60. The van der Waals surface area contributed by atoms with E-state index in [1.165, 1.54) is 0 Å². The summed E-state index contributed by atoms with van der Waals surface area (Å²) in [6, 6.07) is 7.80. The van der Waals surface area contributed by atoms with E-state index in [0.717, 1.165) is 40.9 Å². The number of pyridine rings is 1. The zero-order valence-corrected chi connectivity index (χ0v) is 17.1. The molecule has 5 rings (SSSR count). The minimum atomic E-state index is -1.88. The number of fused-ring (bicyclic) bond motifs is 1. The lowest BCUT2D eigenvalue weighted by Gasteiger charge is -2.45. The number of benzene rings is 1. The zero-order chi connectivity index (χ0) is 20.9. The second-order valence-electron chi connectivity index (χ2n) is 8.25. The van der Waals surface area contributed by atoms with E-state index in [2.05, 4.69) is 15.3 Å². The van der Waals surface area contributed by atoms with Crippen molar-refractivity contribution in [1.82, 2.24) is 19.4 Å². The van der Waals surface area contributed by atoms with Crippen LogP contribution < -0.4 is 5.32 Å². The number of imidazole rings is 1. The third-order valence-corrected chi connectivity index (χ3v) is 6.09. The molecule has 2 aromatic heterocycles. The van der Waals surface area contributed by atoms with Crippen LogP contribution in [0.3, 0.4) is 0 Å². The first-order valence-corrected chi connectivity index (χ1v) is 10.1. The van der Waals surface area contributed by atoms with E-state index in [9.17, 15) is 9.18 Å². The average Bonchev–Trinajstić information content (AvgIpc) is 3.01. The minimum absolute atomic E-state index is 0.0935. The Morgan fingerprint density at radius 1 is 1.27 bits per heavy atom. The quantitative estimate of drug-likeness (QED) is 0.702. The van der Waals surface area contributed by atoms with E-state index in [4.69, 9.17) is 4.74 Å². The van der Waals surface area contributed by atoms with Gasteiger partial charge < -0.3 is 14.6 Å². The van der Waals surface area contributed by atoms with Gasteiger partial charge in [-0.25, -0.2) is 14.4 Å². The maximum atomic E-state index is 14.9. The van der Waals surface area contributed by atoms with Crippen molar-refractivity contribution in [3.63, 3.8) is 0 Å². The molecule has 7 nitrogen and oxygen atoms in total. The summed E-state index contributed by atoms with van der Waals surface area (Å²) >= 11 is 0. The van der Waals surface area contributed by atoms with Crippen molar-refractivity contribution in [3.8, 4) is 11.3 Å². The van der Waals surface area contributed by atoms with Gasteiger partial charge in [0.15, 0.2) is 0 Å². The standard InChI is InChI=1S/C22H24FN5O2/c1-14-24-10-19(27(14)2)15-3-4-16-9-25-20(8-17(16)7-15)26-21(29)22(23)12-28(13-22)11-18-5-6-30-18/h3-4,7-10,18H,5-6,11-13H2,1-2H3,(H,25,26,29). The Morgan fingerprint density at radius 2 is 2.07 bits per heavy atom. The zero-order valence-electron chi connectivity index (χ0n) is 17.1. The van der Waals surface area contributed by atoms with E-state index in [1.54, 1.807) is 12.3 Å². The first-order chi connectivity index (χ1) is 14.4. The van der Waals surface area contributed by atoms with Crippen LogP contribution in [0.15, 0.2) is 36.7 Å². The number of likely N-dealkylation sites (tertiary alicyclic amines) is 1. The Bertz CT molecular complexity index is 1120. The topological polar surface area (TPSA) is 72.3 Å². The molecule has 8 heteroatoms. The summed E-state index contributed by atoms with van der Waals surface area (Å²) in [7, 11) is 1.97. The number of halogens is 1. The smallest absolute Gasteiger partial charge is 0.265 e. The molecule has 0 spiro atoms. The highest BCUT2D eigenvalue weighted by molar-refractivity contribution is 5.99. The van der Waals surface area contributed by atoms with Crippen molar-refractivity contribution in [2.24, 2.45) is 7.05 Å². The number of amides is 1. The second-order valence-corrected chi connectivity index (χ2v) is 8.25. The van der Waals surface area contributed by atoms with Crippen LogP contribution in [0.5, 0.6) is 0 Å². The predicted octanol–water partition coefficient (Wildman–Crippen LogP) is 2.70. The van der Waals surface area contributed by atoms with Gasteiger partial charge in [0, 0.05) is 50.4 Å². The van der Waals surface area contributed by atoms with Crippen LogP contribution in [0.4, 0.5) is 10.2 Å². The van der Waals surface area contributed by atoms with Gasteiger partial charge >= 0.3 is 0 Å². The highest BCUT2D eigenvalue weighted by atomic mass is 19.1. The van der Waals surface area contributed by atoms with E-state index < -0.39 is 11.6 Å². The molecule has 0 aliphatic carbocycles. The summed E-state index contributed by atoms with van der Waals surface area (Å²) in [5.74, 6) is 0.640. The number of ether oxygens (including phenoxy) is 1. The second kappa shape index (κ2) is 7.14. The van der Waals surface area contributed by atoms with E-state index in [-0.39, 0.29) is 19.2 Å². The molecule has 1 N–H and O–H groups in total. The Balaban J connectivity index is 1.31. The van der Waals surface area contributed by atoms with Gasteiger partial charge in [0.05, 0.1) is 18.0 Å². The van der Waals surface area contributed by atoms with Crippen LogP contribution in [0.25, 0.3) is 22.0 Å². The van der Waals surface area contributed by atoms with Gasteiger partial charge in [0.1, 0.15) is 11.6 Å². The Morgan fingerprint density at radius 3 is 2.73 bits per heavy atom. The summed E-state index contributed by atoms with van der Waals surface area (Å²) in [5.41, 5.74) is 0.141. The number of carbonyl (C=O) groups is 1. The number of aryl methyl sites for hydroxylation is 1. The van der Waals surface area contributed by atoms with Crippen LogP contribution in [0.1, 0.15) is 12.2 Å². The number of nitrogens with zero attached hydrogens (tertiary/aromatic N) is 4. The van der Waals surface area contributed by atoms with Crippen LogP contribution in [0, 0.1) is 6.92 Å². The van der Waals surface area contributed by atoms with Crippen molar-refractivity contribution in [1.29, 1.82) is 0 Å². The van der Waals surface area contributed by atoms with Crippen LogP contribution in [-0.4, -0.2) is 63.4 Å². The lowest BCUT2D eigenvalue weighted by atomic mass is 9.94. The summed E-state index contributed by atoms with van der Waals surface area (Å²) in [5, 5.41) is 4.52. The van der Waals surface area contributed by atoms with Crippen molar-refractivity contribution < 1.29 is 13.9 Å². The molecule has 1 aromatic carbocycles. The Hall–Kier alpha value is -2.84. The van der Waals surface area contributed by atoms with Gasteiger partial charge in [-0.15, -0.1) is 0 Å². The molecule has 2 fully saturated rings. The van der Waals surface area contributed by atoms with Crippen molar-refractivity contribution in [2.75, 3.05) is 31.6 Å². The van der Waals surface area contributed by atoms with Crippen LogP contribution in [-0.2, 0) is 16.6 Å². The SMILES string of the molecule is Cc1ncc(-c2ccc3cnc(NC(=O)C4(F)CN(CC5CCO5)C4)cc3c2)n1C. The maximum absolute atomic E-state index is 14.9. The number of carbonyl (C=O) groups excluding carboxylic acids is 1. The number of alkyl halides is 1. The molecule has 0 radical (unpaired) electrons. The number of aromatic nitrogens is 3. The predicted molar refractivity (Wildman–Crippen MR) is 112 cm³/mol. The molecule has 2 aliphatic rings. The Labute approximate surface area is 173 Å². The molecular weight excluding hydrogens is 385 g/mol. The molecule has 156 valence electrons. The Kier molecular flexibility index (Phi) is 4.56. The number of hydrogen-bond acceptors (Lipinski definition) is 5. The first-order valence-electron chi connectivity index (χ1n) is 10.1. The monoisotopic (exact) mass is 409 g/mol. The number of rotatable bonds is 5. The molecule has 0 saturated carbocycles. The van der Waals surface area contributed by atoms with Gasteiger partial charge in [0.25, 0.3) is 5.91 Å². The van der Waals surface area contributed by atoms with Crippen molar-refractivity contribution >= 4 is 22.5 Å². The van der Waals surface area contributed by atoms with Crippen LogP contribution >= 0.6 is 0 Å². The molecule has 2 aliphatic heterocycles. The number of nitrogens with one attached hydrogen (secondary N) is 1. The molecule has 30 heavy (non-hydrogen) atoms. The molecule has 0 bridgehead atoms. The number of anilines is 1. The van der Waals surface area contributed by atoms with E-state index in [0.29, 0.717) is 12.4 Å². The first kappa shape index (κ1) is 19.1. The summed E-state index contributed by atoms with van der Waals surface area (Å²) in [6.07, 6.45) is 4.71. The summed E-state index contributed by atoms with van der Waals surface area (Å²) in [4.78, 5) is 23.1. The normalized spacial score (nSPS) is 20.6. The lowest BCUT2D eigenvalue weighted by molar-refractivity contribution is -0.146. The van der Waals surface area contributed by atoms with Gasteiger partial charge in [-0.05, 0) is 30.9 Å². The fourth-order valence-corrected chi connectivity index (χ4v) is 4.02. The molecule has 2 saturated heterocycles. The molecule has 1 atom stereocenters. The highest BCUT2D eigenvalue weighted by Crippen LogP contribution is 2.30. The van der Waals surface area contributed by atoms with E-state index >= 15 is 0 Å². The molecule has 4 heterocycles. The molecular formula is C22H24FN5O2. The van der Waals surface area contributed by atoms with Gasteiger partial charge in [-0.2, -0.15) is 0 Å². The third-order valence-electron chi connectivity index (χ3n) is 6.09. The van der Waals surface area contributed by atoms with Crippen LogP contribution in [0.2, 0.25) is 0 Å². The lowest BCUT2D eigenvalue weighted by Crippen LogP contribution is -2.66.